The van der Waals surface area contributed by atoms with E-state index in [0.717, 1.165) is 23.5 Å². The van der Waals surface area contributed by atoms with Crippen molar-refractivity contribution in [2.75, 3.05) is 11.9 Å². The van der Waals surface area contributed by atoms with Crippen LogP contribution in [0.4, 0.5) is 14.5 Å². The molecule has 0 saturated carbocycles. The molecular formula is C15H14F2N2O4S2. The van der Waals surface area contributed by atoms with Crippen LogP contribution in [-0.4, -0.2) is 27.0 Å². The molecule has 3 rings (SSSR count). The summed E-state index contributed by atoms with van der Waals surface area (Å²) in [7, 11) is -3.79. The minimum atomic E-state index is -3.79. The Balaban J connectivity index is 1.99. The van der Waals surface area contributed by atoms with Crippen LogP contribution in [-0.2, 0) is 10.0 Å². The van der Waals surface area contributed by atoms with E-state index >= 15 is 0 Å². The van der Waals surface area contributed by atoms with Crippen molar-refractivity contribution in [3.05, 3.63) is 40.3 Å². The van der Waals surface area contributed by atoms with Crippen molar-refractivity contribution in [1.29, 1.82) is 0 Å². The summed E-state index contributed by atoms with van der Waals surface area (Å²) >= 11 is 0.913. The number of carbonyl (C=O) groups excluding carboxylic acids is 1. The molecule has 1 unspecified atom stereocenters. The van der Waals surface area contributed by atoms with Gasteiger partial charge in [-0.2, -0.15) is 0 Å². The Labute approximate surface area is 146 Å². The van der Waals surface area contributed by atoms with E-state index in [4.69, 9.17) is 4.74 Å². The molecule has 1 aromatic carbocycles. The van der Waals surface area contributed by atoms with Crippen molar-refractivity contribution < 1.29 is 26.7 Å². The number of ether oxygens (including phenoxy) is 1. The molecular weight excluding hydrogens is 374 g/mol. The summed E-state index contributed by atoms with van der Waals surface area (Å²) in [4.78, 5) is 13.0. The molecule has 0 spiro atoms. The summed E-state index contributed by atoms with van der Waals surface area (Å²) < 4.78 is 58.8. The first kappa shape index (κ1) is 17.8. The zero-order chi connectivity index (χ0) is 18.4. The molecule has 2 N–H and O–H groups in total. The normalized spacial score (nSPS) is 18.8. The maximum Gasteiger partial charge on any atom is 0.260 e. The van der Waals surface area contributed by atoms with Crippen LogP contribution in [0.15, 0.2) is 22.4 Å². The number of hydrogen-bond acceptors (Lipinski definition) is 5. The fourth-order valence-electron chi connectivity index (χ4n) is 2.40. The van der Waals surface area contributed by atoms with Crippen molar-refractivity contribution in [3.8, 4) is 5.75 Å². The molecule has 10 heteroatoms. The molecule has 0 saturated heterocycles. The Morgan fingerprint density at radius 2 is 2.08 bits per heavy atom. The standard InChI is InChI=1S/C15H14F2N2O4S2/c1-7-6-23-13-12(8(2)24-15(13)25(21,22)19-7)14(20)18-9-3-4-10(16)11(17)5-9/h3-5,7,19H,6H2,1-2H3,(H,18,20). The molecule has 2 aromatic rings. The van der Waals surface area contributed by atoms with Gasteiger partial charge < -0.3 is 10.1 Å². The van der Waals surface area contributed by atoms with Gasteiger partial charge in [-0.15, -0.1) is 11.3 Å². The Bertz CT molecular complexity index is 957. The van der Waals surface area contributed by atoms with E-state index in [2.05, 4.69) is 10.0 Å². The van der Waals surface area contributed by atoms with Crippen LogP contribution in [0.3, 0.4) is 0 Å². The van der Waals surface area contributed by atoms with Gasteiger partial charge in [0.1, 0.15) is 6.61 Å². The first-order valence-corrected chi connectivity index (χ1v) is 9.54. The van der Waals surface area contributed by atoms with E-state index in [1.54, 1.807) is 13.8 Å². The van der Waals surface area contributed by atoms with Crippen LogP contribution < -0.4 is 14.8 Å². The lowest BCUT2D eigenvalue weighted by atomic mass is 10.2. The van der Waals surface area contributed by atoms with E-state index in [9.17, 15) is 22.0 Å². The molecule has 0 bridgehead atoms. The van der Waals surface area contributed by atoms with Gasteiger partial charge in [-0.25, -0.2) is 21.9 Å². The van der Waals surface area contributed by atoms with Gasteiger partial charge in [-0.3, -0.25) is 4.79 Å². The van der Waals surface area contributed by atoms with Crippen molar-refractivity contribution in [2.45, 2.75) is 24.1 Å². The Hall–Kier alpha value is -2.04. The highest BCUT2D eigenvalue weighted by atomic mass is 32.2. The van der Waals surface area contributed by atoms with Crippen molar-refractivity contribution >= 4 is 33.0 Å². The number of thiophene rings is 1. The summed E-state index contributed by atoms with van der Waals surface area (Å²) in [5.74, 6) is -2.83. The smallest absolute Gasteiger partial charge is 0.260 e. The summed E-state index contributed by atoms with van der Waals surface area (Å²) in [6.45, 7) is 3.29. The van der Waals surface area contributed by atoms with Gasteiger partial charge in [-0.1, -0.05) is 0 Å². The van der Waals surface area contributed by atoms with Crippen LogP contribution in [0.25, 0.3) is 0 Å². The number of halogens is 2. The van der Waals surface area contributed by atoms with Crippen LogP contribution in [0.2, 0.25) is 0 Å². The molecule has 134 valence electrons. The van der Waals surface area contributed by atoms with Gasteiger partial charge in [0.2, 0.25) is 0 Å². The van der Waals surface area contributed by atoms with Gasteiger partial charge in [0.05, 0.1) is 11.6 Å². The van der Waals surface area contributed by atoms with Gasteiger partial charge in [0, 0.05) is 16.6 Å². The van der Waals surface area contributed by atoms with Gasteiger partial charge >= 0.3 is 0 Å². The predicted octanol–water partition coefficient (Wildman–Crippen LogP) is 2.65. The van der Waals surface area contributed by atoms with E-state index in [1.165, 1.54) is 6.07 Å². The second-order valence-corrected chi connectivity index (χ2v) is 8.70. The van der Waals surface area contributed by atoms with Gasteiger partial charge in [-0.05, 0) is 26.0 Å². The van der Waals surface area contributed by atoms with Crippen LogP contribution in [0.5, 0.6) is 5.75 Å². The number of rotatable bonds is 2. The summed E-state index contributed by atoms with van der Waals surface area (Å²) in [6, 6.07) is 2.48. The molecule has 0 aliphatic carbocycles. The van der Waals surface area contributed by atoms with Crippen LogP contribution in [0.1, 0.15) is 22.2 Å². The third-order valence-corrected chi connectivity index (χ3v) is 6.67. The number of amides is 1. The molecule has 1 amide bonds. The molecule has 1 aliphatic heterocycles. The van der Waals surface area contributed by atoms with Gasteiger partial charge in [0.15, 0.2) is 21.6 Å². The first-order valence-electron chi connectivity index (χ1n) is 7.24. The third kappa shape index (κ3) is 3.37. The second kappa shape index (κ2) is 6.36. The SMILES string of the molecule is Cc1sc2c(c1C(=O)Nc1ccc(F)c(F)c1)OCC(C)NS2(=O)=O. The number of hydrogen-bond donors (Lipinski definition) is 2. The number of nitrogens with one attached hydrogen (secondary N) is 2. The van der Waals surface area contributed by atoms with E-state index in [0.29, 0.717) is 4.88 Å². The lowest BCUT2D eigenvalue weighted by molar-refractivity contribution is 0.102. The van der Waals surface area contributed by atoms with E-state index in [1.807, 2.05) is 0 Å². The largest absolute Gasteiger partial charge is 0.489 e. The zero-order valence-electron chi connectivity index (χ0n) is 13.2. The summed E-state index contributed by atoms with van der Waals surface area (Å²) in [5.41, 5.74) is 0.107. The fourth-order valence-corrected chi connectivity index (χ4v) is 5.28. The van der Waals surface area contributed by atoms with Crippen molar-refractivity contribution in [2.24, 2.45) is 0 Å². The van der Waals surface area contributed by atoms with E-state index in [-0.39, 0.29) is 27.8 Å². The monoisotopic (exact) mass is 388 g/mol. The molecule has 1 aliphatic rings. The van der Waals surface area contributed by atoms with Crippen molar-refractivity contribution in [3.63, 3.8) is 0 Å². The summed E-state index contributed by atoms with van der Waals surface area (Å²) in [6.07, 6.45) is 0. The lowest BCUT2D eigenvalue weighted by Crippen LogP contribution is -2.33. The predicted molar refractivity (Wildman–Crippen MR) is 88.6 cm³/mol. The average molecular weight is 388 g/mol. The molecule has 6 nitrogen and oxygen atoms in total. The first-order chi connectivity index (χ1) is 11.7. The van der Waals surface area contributed by atoms with Gasteiger partial charge in [0.25, 0.3) is 15.9 Å². The summed E-state index contributed by atoms with van der Waals surface area (Å²) in [5, 5.41) is 2.43. The topological polar surface area (TPSA) is 84.5 Å². The Kier molecular flexibility index (Phi) is 4.52. The Morgan fingerprint density at radius 3 is 2.76 bits per heavy atom. The minimum absolute atomic E-state index is 0.0283. The molecule has 0 radical (unpaired) electrons. The number of sulfonamides is 1. The third-order valence-electron chi connectivity index (χ3n) is 3.49. The fraction of sp³-hybridized carbons (Fsp3) is 0.267. The highest BCUT2D eigenvalue weighted by molar-refractivity contribution is 7.91. The maximum absolute atomic E-state index is 13.3. The molecule has 25 heavy (non-hydrogen) atoms. The number of carbonyl (C=O) groups is 1. The second-order valence-electron chi connectivity index (χ2n) is 5.57. The highest BCUT2D eigenvalue weighted by Gasteiger charge is 2.34. The average Bonchev–Trinajstić information content (AvgIpc) is 2.81. The minimum Gasteiger partial charge on any atom is -0.489 e. The zero-order valence-corrected chi connectivity index (χ0v) is 14.9. The molecule has 1 atom stereocenters. The van der Waals surface area contributed by atoms with Crippen molar-refractivity contribution in [1.82, 2.24) is 4.72 Å². The molecule has 0 fully saturated rings. The quantitative estimate of drug-likeness (QED) is 0.828. The lowest BCUT2D eigenvalue weighted by Gasteiger charge is -2.10. The number of benzene rings is 1. The molecule has 2 heterocycles. The van der Waals surface area contributed by atoms with Crippen LogP contribution >= 0.6 is 11.3 Å². The number of aryl methyl sites for hydroxylation is 1. The highest BCUT2D eigenvalue weighted by Crippen LogP contribution is 2.40. The van der Waals surface area contributed by atoms with E-state index < -0.39 is 33.6 Å². The maximum atomic E-state index is 13.3. The number of anilines is 1. The molecule has 1 aromatic heterocycles. The Morgan fingerprint density at radius 1 is 1.36 bits per heavy atom. The number of fused-ring (bicyclic) bond motifs is 1. The van der Waals surface area contributed by atoms with Crippen LogP contribution in [0, 0.1) is 18.6 Å².